The molecule has 0 saturated carbocycles. The highest BCUT2D eigenvalue weighted by Gasteiger charge is 2.19. The molecule has 1 amide bonds. The molecule has 0 aliphatic carbocycles. The number of amides is 1. The van der Waals surface area contributed by atoms with E-state index in [1.165, 1.54) is 54.3 Å². The third-order valence-corrected chi connectivity index (χ3v) is 5.66. The fourth-order valence-corrected chi connectivity index (χ4v) is 3.72. The summed E-state index contributed by atoms with van der Waals surface area (Å²) in [6, 6.07) is 12.7. The topological polar surface area (TPSA) is 81.1 Å². The molecule has 0 saturated heterocycles. The van der Waals surface area contributed by atoms with Gasteiger partial charge in [-0.05, 0) is 48.4 Å². The molecular formula is C25H19ClFN3O3. The van der Waals surface area contributed by atoms with Crippen LogP contribution in [0.25, 0.3) is 10.9 Å². The van der Waals surface area contributed by atoms with Gasteiger partial charge in [0.2, 0.25) is 11.3 Å². The summed E-state index contributed by atoms with van der Waals surface area (Å²) in [5.41, 5.74) is 0.883. The standard InChI is InChI=1S/C25H19ClFN3O3/c1-15-10-18-22(11-21(15)27)30(14-23(31)29-12-17-4-2-3-5-20(17)26)13-19(25(18)33)24(32)16-6-8-28-9-7-16/h2-11,13H,12,14H2,1H3,(H,29,31). The van der Waals surface area contributed by atoms with Crippen molar-refractivity contribution in [2.24, 2.45) is 0 Å². The van der Waals surface area contributed by atoms with Crippen molar-refractivity contribution in [3.63, 3.8) is 0 Å². The largest absolute Gasteiger partial charge is 0.350 e. The molecule has 2 heterocycles. The lowest BCUT2D eigenvalue weighted by Crippen LogP contribution is -2.29. The second kappa shape index (κ2) is 9.34. The van der Waals surface area contributed by atoms with Crippen LogP contribution in [0.15, 0.2) is 71.9 Å². The van der Waals surface area contributed by atoms with Crippen LogP contribution >= 0.6 is 11.6 Å². The van der Waals surface area contributed by atoms with Gasteiger partial charge in [-0.15, -0.1) is 0 Å². The van der Waals surface area contributed by atoms with Crippen LogP contribution in [0.4, 0.5) is 4.39 Å². The Hall–Kier alpha value is -3.84. The van der Waals surface area contributed by atoms with Gasteiger partial charge in [-0.3, -0.25) is 19.4 Å². The van der Waals surface area contributed by atoms with Crippen LogP contribution < -0.4 is 10.7 Å². The van der Waals surface area contributed by atoms with E-state index in [1.54, 1.807) is 18.2 Å². The number of carbonyl (C=O) groups is 2. The molecule has 0 aliphatic rings. The van der Waals surface area contributed by atoms with Crippen molar-refractivity contribution < 1.29 is 14.0 Å². The number of halogens is 2. The molecule has 0 fully saturated rings. The van der Waals surface area contributed by atoms with Crippen molar-refractivity contribution in [2.75, 3.05) is 0 Å². The minimum Gasteiger partial charge on any atom is -0.350 e. The number of rotatable bonds is 6. The zero-order valence-electron chi connectivity index (χ0n) is 17.6. The predicted molar refractivity (Wildman–Crippen MR) is 124 cm³/mol. The average molecular weight is 464 g/mol. The highest BCUT2D eigenvalue weighted by molar-refractivity contribution is 6.31. The Balaban J connectivity index is 1.73. The number of hydrogen-bond donors (Lipinski definition) is 1. The quantitative estimate of drug-likeness (QED) is 0.437. The average Bonchev–Trinajstić information content (AvgIpc) is 2.82. The van der Waals surface area contributed by atoms with Crippen molar-refractivity contribution in [1.29, 1.82) is 0 Å². The van der Waals surface area contributed by atoms with Gasteiger partial charge in [0.15, 0.2) is 5.78 Å². The van der Waals surface area contributed by atoms with E-state index in [0.717, 1.165) is 5.56 Å². The maximum absolute atomic E-state index is 14.3. The lowest BCUT2D eigenvalue weighted by Gasteiger charge is -2.14. The minimum atomic E-state index is -0.525. The molecule has 6 nitrogen and oxygen atoms in total. The fraction of sp³-hybridized carbons (Fsp3) is 0.120. The molecule has 2 aromatic carbocycles. The first-order chi connectivity index (χ1) is 15.8. The van der Waals surface area contributed by atoms with Crippen LogP contribution in [0.1, 0.15) is 27.0 Å². The highest BCUT2D eigenvalue weighted by atomic mass is 35.5. The number of carbonyl (C=O) groups excluding carboxylic acids is 2. The molecule has 2 aromatic heterocycles. The summed E-state index contributed by atoms with van der Waals surface area (Å²) < 4.78 is 15.7. The van der Waals surface area contributed by atoms with Gasteiger partial charge in [0, 0.05) is 41.1 Å². The Morgan fingerprint density at radius 3 is 2.58 bits per heavy atom. The molecule has 0 spiro atoms. The number of hydrogen-bond acceptors (Lipinski definition) is 4. The van der Waals surface area contributed by atoms with Gasteiger partial charge in [-0.1, -0.05) is 29.8 Å². The molecule has 0 bridgehead atoms. The lowest BCUT2D eigenvalue weighted by atomic mass is 10.0. The number of nitrogens with one attached hydrogen (secondary N) is 1. The molecule has 4 aromatic rings. The number of nitrogens with zero attached hydrogens (tertiary/aromatic N) is 2. The van der Waals surface area contributed by atoms with Gasteiger partial charge in [-0.2, -0.15) is 0 Å². The van der Waals surface area contributed by atoms with Crippen molar-refractivity contribution in [1.82, 2.24) is 14.9 Å². The first-order valence-corrected chi connectivity index (χ1v) is 10.5. The fourth-order valence-electron chi connectivity index (χ4n) is 3.52. The third kappa shape index (κ3) is 4.68. The van der Waals surface area contributed by atoms with Gasteiger partial charge in [0.1, 0.15) is 12.4 Å². The Morgan fingerprint density at radius 1 is 1.12 bits per heavy atom. The first-order valence-electron chi connectivity index (χ1n) is 10.1. The number of aromatic nitrogens is 2. The van der Waals surface area contributed by atoms with Crippen molar-refractivity contribution >= 4 is 34.2 Å². The smallest absolute Gasteiger partial charge is 0.240 e. The molecule has 33 heavy (non-hydrogen) atoms. The van der Waals surface area contributed by atoms with Gasteiger partial charge in [-0.25, -0.2) is 4.39 Å². The number of benzene rings is 2. The van der Waals surface area contributed by atoms with Gasteiger partial charge >= 0.3 is 0 Å². The molecule has 0 radical (unpaired) electrons. The van der Waals surface area contributed by atoms with E-state index in [4.69, 9.17) is 11.6 Å². The summed E-state index contributed by atoms with van der Waals surface area (Å²) in [4.78, 5) is 42.7. The van der Waals surface area contributed by atoms with Crippen LogP contribution in [0.3, 0.4) is 0 Å². The third-order valence-electron chi connectivity index (χ3n) is 5.30. The minimum absolute atomic E-state index is 0.112. The monoisotopic (exact) mass is 463 g/mol. The van der Waals surface area contributed by atoms with E-state index in [9.17, 15) is 18.8 Å². The molecule has 0 atom stereocenters. The number of ketones is 1. The summed E-state index contributed by atoms with van der Waals surface area (Å²) >= 11 is 6.13. The Labute approximate surface area is 193 Å². The van der Waals surface area contributed by atoms with Crippen LogP contribution in [0, 0.1) is 12.7 Å². The Bertz CT molecular complexity index is 1430. The van der Waals surface area contributed by atoms with Crippen molar-refractivity contribution in [2.45, 2.75) is 20.0 Å². The van der Waals surface area contributed by atoms with E-state index in [0.29, 0.717) is 5.02 Å². The van der Waals surface area contributed by atoms with Crippen LogP contribution in [-0.2, 0) is 17.9 Å². The molecule has 0 unspecified atom stereocenters. The van der Waals surface area contributed by atoms with E-state index in [1.807, 2.05) is 6.07 Å². The molecular weight excluding hydrogens is 445 g/mol. The van der Waals surface area contributed by atoms with Gasteiger partial charge in [0.05, 0.1) is 11.1 Å². The van der Waals surface area contributed by atoms with Gasteiger partial charge < -0.3 is 9.88 Å². The van der Waals surface area contributed by atoms with E-state index >= 15 is 0 Å². The summed E-state index contributed by atoms with van der Waals surface area (Å²) in [5.74, 6) is -1.40. The Kier molecular flexibility index (Phi) is 6.33. The van der Waals surface area contributed by atoms with E-state index in [2.05, 4.69) is 10.3 Å². The van der Waals surface area contributed by atoms with E-state index < -0.39 is 17.0 Å². The van der Waals surface area contributed by atoms with Crippen molar-refractivity contribution in [3.05, 3.63) is 110 Å². The van der Waals surface area contributed by atoms with Crippen LogP contribution in [-0.4, -0.2) is 21.2 Å². The predicted octanol–water partition coefficient (Wildman–Crippen LogP) is 4.04. The van der Waals surface area contributed by atoms with Gasteiger partial charge in [0.25, 0.3) is 0 Å². The maximum Gasteiger partial charge on any atom is 0.240 e. The number of fused-ring (bicyclic) bond motifs is 1. The summed E-state index contributed by atoms with van der Waals surface area (Å²) in [7, 11) is 0. The Morgan fingerprint density at radius 2 is 1.85 bits per heavy atom. The summed E-state index contributed by atoms with van der Waals surface area (Å²) in [5, 5.41) is 3.45. The maximum atomic E-state index is 14.3. The second-order valence-electron chi connectivity index (χ2n) is 7.55. The van der Waals surface area contributed by atoms with Crippen LogP contribution in [0.2, 0.25) is 5.02 Å². The normalized spacial score (nSPS) is 10.9. The summed E-state index contributed by atoms with van der Waals surface area (Å²) in [6.07, 6.45) is 4.21. The van der Waals surface area contributed by atoms with Crippen molar-refractivity contribution in [3.8, 4) is 0 Å². The SMILES string of the molecule is Cc1cc2c(=O)c(C(=O)c3ccncc3)cn(CC(=O)NCc3ccccc3Cl)c2cc1F. The second-order valence-corrected chi connectivity index (χ2v) is 7.96. The van der Waals surface area contributed by atoms with Crippen LogP contribution in [0.5, 0.6) is 0 Å². The molecule has 0 aliphatic heterocycles. The van der Waals surface area contributed by atoms with E-state index in [-0.39, 0.29) is 46.6 Å². The molecule has 4 rings (SSSR count). The molecule has 1 N–H and O–H groups in total. The first kappa shape index (κ1) is 22.4. The zero-order chi connectivity index (χ0) is 23.5. The summed E-state index contributed by atoms with van der Waals surface area (Å²) in [6.45, 7) is 1.51. The highest BCUT2D eigenvalue weighted by Crippen LogP contribution is 2.19. The number of pyridine rings is 2. The zero-order valence-corrected chi connectivity index (χ0v) is 18.4. The molecule has 8 heteroatoms. The lowest BCUT2D eigenvalue weighted by molar-refractivity contribution is -0.121. The molecule has 166 valence electrons. The number of aryl methyl sites for hydroxylation is 1.